The summed E-state index contributed by atoms with van der Waals surface area (Å²) in [5.41, 5.74) is 1.63. The van der Waals surface area contributed by atoms with E-state index in [1.54, 1.807) is 22.8 Å². The standard InChI is InChI=1S/C26H31ClF3N3O2/c1-16(2)24(34)32-8-9-33(22(15-32)12-19-7-6-18(4)23(27)13-19)25(35)31(5)21-11-17(3)10-20(14-21)26(28,29)30/h6-7,10-11,13-14,16,22H,8-9,12,15H2,1-5H3/t22-/m1/s1. The third-order valence-electron chi connectivity index (χ3n) is 6.31. The number of hydrogen-bond donors (Lipinski definition) is 0. The van der Waals surface area contributed by atoms with E-state index in [9.17, 15) is 22.8 Å². The number of piperazine rings is 1. The molecule has 0 radical (unpaired) electrons. The van der Waals surface area contributed by atoms with Gasteiger partial charge in [0, 0.05) is 43.3 Å². The first kappa shape index (κ1) is 26.9. The van der Waals surface area contributed by atoms with Crippen LogP contribution in [0.2, 0.25) is 5.02 Å². The lowest BCUT2D eigenvalue weighted by Gasteiger charge is -2.43. The molecule has 3 rings (SSSR count). The molecule has 1 atom stereocenters. The molecular formula is C26H31ClF3N3O2. The first-order valence-electron chi connectivity index (χ1n) is 11.5. The molecule has 1 saturated heterocycles. The van der Waals surface area contributed by atoms with Gasteiger partial charge in [-0.2, -0.15) is 13.2 Å². The predicted molar refractivity (Wildman–Crippen MR) is 132 cm³/mol. The normalized spacial score (nSPS) is 16.6. The number of alkyl halides is 3. The number of hydrogen-bond acceptors (Lipinski definition) is 2. The Morgan fingerprint density at radius 2 is 1.80 bits per heavy atom. The van der Waals surface area contributed by atoms with Crippen LogP contribution < -0.4 is 4.90 Å². The Bertz CT molecular complexity index is 1100. The number of benzene rings is 2. The van der Waals surface area contributed by atoms with Crippen LogP contribution in [0.1, 0.15) is 36.1 Å². The van der Waals surface area contributed by atoms with E-state index >= 15 is 0 Å². The van der Waals surface area contributed by atoms with E-state index in [4.69, 9.17) is 11.6 Å². The van der Waals surface area contributed by atoms with E-state index in [-0.39, 0.29) is 30.1 Å². The minimum Gasteiger partial charge on any atom is -0.339 e. The van der Waals surface area contributed by atoms with Gasteiger partial charge in [-0.25, -0.2) is 4.79 Å². The van der Waals surface area contributed by atoms with Gasteiger partial charge in [0.05, 0.1) is 11.6 Å². The molecule has 35 heavy (non-hydrogen) atoms. The molecule has 5 nitrogen and oxygen atoms in total. The van der Waals surface area contributed by atoms with Gasteiger partial charge >= 0.3 is 12.2 Å². The summed E-state index contributed by atoms with van der Waals surface area (Å²) in [6.45, 7) is 8.11. The van der Waals surface area contributed by atoms with Gasteiger partial charge in [-0.1, -0.05) is 37.6 Å². The Labute approximate surface area is 209 Å². The van der Waals surface area contributed by atoms with Gasteiger partial charge in [0.1, 0.15) is 0 Å². The maximum atomic E-state index is 13.5. The Kier molecular flexibility index (Phi) is 8.04. The van der Waals surface area contributed by atoms with Crippen molar-refractivity contribution >= 4 is 29.2 Å². The van der Waals surface area contributed by atoms with Crippen LogP contribution in [-0.2, 0) is 17.4 Å². The maximum Gasteiger partial charge on any atom is 0.416 e. The van der Waals surface area contributed by atoms with Crippen molar-refractivity contribution in [1.29, 1.82) is 0 Å². The highest BCUT2D eigenvalue weighted by Crippen LogP contribution is 2.33. The number of halogens is 4. The summed E-state index contributed by atoms with van der Waals surface area (Å²) in [5, 5.41) is 0.614. The van der Waals surface area contributed by atoms with Gasteiger partial charge in [-0.05, 0) is 61.2 Å². The van der Waals surface area contributed by atoms with Gasteiger partial charge in [0.15, 0.2) is 0 Å². The SMILES string of the molecule is Cc1cc(N(C)C(=O)N2CCN(C(=O)C(C)C)C[C@H]2Cc2ccc(C)c(Cl)c2)cc(C(F)(F)F)c1. The van der Waals surface area contributed by atoms with Crippen molar-refractivity contribution < 1.29 is 22.8 Å². The number of aryl methyl sites for hydroxylation is 2. The highest BCUT2D eigenvalue weighted by molar-refractivity contribution is 6.31. The van der Waals surface area contributed by atoms with Crippen molar-refractivity contribution in [2.75, 3.05) is 31.6 Å². The van der Waals surface area contributed by atoms with Crippen LogP contribution in [0.4, 0.5) is 23.7 Å². The molecule has 2 aromatic rings. The Morgan fingerprint density at radius 1 is 1.11 bits per heavy atom. The van der Waals surface area contributed by atoms with Crippen molar-refractivity contribution in [3.05, 3.63) is 63.7 Å². The number of anilines is 1. The van der Waals surface area contributed by atoms with E-state index < -0.39 is 17.8 Å². The number of urea groups is 1. The Balaban J connectivity index is 1.90. The first-order chi connectivity index (χ1) is 16.3. The van der Waals surface area contributed by atoms with Crippen LogP contribution >= 0.6 is 11.6 Å². The molecule has 1 heterocycles. The molecule has 0 aliphatic carbocycles. The summed E-state index contributed by atoms with van der Waals surface area (Å²) in [6, 6.07) is 8.52. The quantitative estimate of drug-likeness (QED) is 0.511. The Hall–Kier alpha value is -2.74. The van der Waals surface area contributed by atoms with Crippen LogP contribution in [0.3, 0.4) is 0 Å². The molecule has 0 N–H and O–H groups in total. The second kappa shape index (κ2) is 10.5. The zero-order chi connectivity index (χ0) is 26.1. The van der Waals surface area contributed by atoms with Gasteiger partial charge in [-0.3, -0.25) is 9.69 Å². The fourth-order valence-corrected chi connectivity index (χ4v) is 4.51. The van der Waals surface area contributed by atoms with Crippen LogP contribution in [0.25, 0.3) is 0 Å². The lowest BCUT2D eigenvalue weighted by Crippen LogP contribution is -2.60. The van der Waals surface area contributed by atoms with Gasteiger partial charge in [-0.15, -0.1) is 0 Å². The molecule has 9 heteroatoms. The molecule has 1 fully saturated rings. The molecule has 190 valence electrons. The van der Waals surface area contributed by atoms with Gasteiger partial charge in [0.2, 0.25) is 5.91 Å². The molecule has 3 amide bonds. The molecule has 1 aliphatic rings. The summed E-state index contributed by atoms with van der Waals surface area (Å²) in [6.07, 6.45) is -4.05. The number of carbonyl (C=O) groups excluding carboxylic acids is 2. The molecule has 0 saturated carbocycles. The van der Waals surface area contributed by atoms with Crippen molar-refractivity contribution in [3.63, 3.8) is 0 Å². The Morgan fingerprint density at radius 3 is 2.40 bits per heavy atom. The molecule has 0 aromatic heterocycles. The number of carbonyl (C=O) groups is 2. The predicted octanol–water partition coefficient (Wildman–Crippen LogP) is 5.94. The molecule has 1 aliphatic heterocycles. The molecule has 0 unspecified atom stereocenters. The van der Waals surface area contributed by atoms with E-state index in [2.05, 4.69) is 0 Å². The van der Waals surface area contributed by atoms with E-state index in [1.165, 1.54) is 11.9 Å². The molecule has 2 aromatic carbocycles. The summed E-state index contributed by atoms with van der Waals surface area (Å²) < 4.78 is 40.1. The summed E-state index contributed by atoms with van der Waals surface area (Å²) in [4.78, 5) is 30.9. The maximum absolute atomic E-state index is 13.5. The molecular weight excluding hydrogens is 479 g/mol. The minimum atomic E-state index is -4.51. The highest BCUT2D eigenvalue weighted by Gasteiger charge is 2.36. The largest absolute Gasteiger partial charge is 0.416 e. The summed E-state index contributed by atoms with van der Waals surface area (Å²) in [7, 11) is 1.47. The van der Waals surface area contributed by atoms with Crippen LogP contribution in [0, 0.1) is 19.8 Å². The number of rotatable bonds is 4. The van der Waals surface area contributed by atoms with Crippen LogP contribution in [0.15, 0.2) is 36.4 Å². The zero-order valence-electron chi connectivity index (χ0n) is 20.6. The average Bonchev–Trinajstić information content (AvgIpc) is 2.79. The van der Waals surface area contributed by atoms with Crippen LogP contribution in [-0.4, -0.2) is 54.5 Å². The third-order valence-corrected chi connectivity index (χ3v) is 6.71. The van der Waals surface area contributed by atoms with E-state index in [0.29, 0.717) is 30.1 Å². The zero-order valence-corrected chi connectivity index (χ0v) is 21.4. The van der Waals surface area contributed by atoms with Crippen molar-refractivity contribution in [1.82, 2.24) is 9.80 Å². The van der Waals surface area contributed by atoms with Gasteiger partial charge < -0.3 is 9.80 Å². The summed E-state index contributed by atoms with van der Waals surface area (Å²) >= 11 is 6.30. The van der Waals surface area contributed by atoms with Crippen molar-refractivity contribution in [3.8, 4) is 0 Å². The van der Waals surface area contributed by atoms with E-state index in [0.717, 1.165) is 23.3 Å². The topological polar surface area (TPSA) is 43.9 Å². The fourth-order valence-electron chi connectivity index (χ4n) is 4.31. The lowest BCUT2D eigenvalue weighted by molar-refractivity contribution is -0.138. The summed E-state index contributed by atoms with van der Waals surface area (Å²) in [5.74, 6) is -0.173. The van der Waals surface area contributed by atoms with Crippen LogP contribution in [0.5, 0.6) is 0 Å². The highest BCUT2D eigenvalue weighted by atomic mass is 35.5. The third kappa shape index (κ3) is 6.28. The monoisotopic (exact) mass is 509 g/mol. The molecule has 0 bridgehead atoms. The van der Waals surface area contributed by atoms with Crippen molar-refractivity contribution in [2.45, 2.75) is 46.3 Å². The molecule has 0 spiro atoms. The van der Waals surface area contributed by atoms with E-state index in [1.807, 2.05) is 39.0 Å². The second-order valence-corrected chi connectivity index (χ2v) is 9.88. The average molecular weight is 510 g/mol. The second-order valence-electron chi connectivity index (χ2n) is 9.47. The minimum absolute atomic E-state index is 0.00546. The van der Waals surface area contributed by atoms with Gasteiger partial charge in [0.25, 0.3) is 0 Å². The van der Waals surface area contributed by atoms with Crippen molar-refractivity contribution in [2.24, 2.45) is 5.92 Å². The number of amides is 3. The smallest absolute Gasteiger partial charge is 0.339 e. The first-order valence-corrected chi connectivity index (χ1v) is 11.9. The number of nitrogens with zero attached hydrogens (tertiary/aromatic N) is 3. The fraction of sp³-hybridized carbons (Fsp3) is 0.462. The lowest BCUT2D eigenvalue weighted by atomic mass is 10.00.